The maximum absolute atomic E-state index is 6.29. The second kappa shape index (κ2) is 4.40. The average Bonchev–Trinajstić information content (AvgIpc) is 2.44. The van der Waals surface area contributed by atoms with E-state index < -0.39 is 0 Å². The highest BCUT2D eigenvalue weighted by Gasteiger charge is 2.35. The van der Waals surface area contributed by atoms with E-state index in [-0.39, 0.29) is 5.54 Å². The highest BCUT2D eigenvalue weighted by molar-refractivity contribution is 4.89. The van der Waals surface area contributed by atoms with Crippen molar-refractivity contribution in [1.29, 1.82) is 0 Å². The van der Waals surface area contributed by atoms with Crippen molar-refractivity contribution in [2.45, 2.75) is 57.3 Å². The molecule has 3 atom stereocenters. The van der Waals surface area contributed by atoms with Crippen molar-refractivity contribution in [2.24, 2.45) is 5.73 Å². The molecular formula is C12H24N2O. The first-order valence-corrected chi connectivity index (χ1v) is 6.26. The molecule has 15 heavy (non-hydrogen) atoms. The predicted octanol–water partition coefficient (Wildman–Crippen LogP) is 1.37. The van der Waals surface area contributed by atoms with E-state index in [1.54, 1.807) is 0 Å². The summed E-state index contributed by atoms with van der Waals surface area (Å²) in [4.78, 5) is 2.50. The third kappa shape index (κ3) is 2.92. The summed E-state index contributed by atoms with van der Waals surface area (Å²) in [6, 6.07) is 0. The summed E-state index contributed by atoms with van der Waals surface area (Å²) >= 11 is 0. The van der Waals surface area contributed by atoms with Gasteiger partial charge in [-0.2, -0.15) is 0 Å². The van der Waals surface area contributed by atoms with Gasteiger partial charge in [0.2, 0.25) is 0 Å². The Morgan fingerprint density at radius 3 is 2.47 bits per heavy atom. The number of ether oxygens (including phenoxy) is 1. The lowest BCUT2D eigenvalue weighted by molar-refractivity contribution is -0.0437. The Bertz CT molecular complexity index is 206. The molecule has 2 fully saturated rings. The fourth-order valence-corrected chi connectivity index (χ4v) is 2.99. The number of rotatable bonds is 4. The van der Waals surface area contributed by atoms with E-state index in [1.165, 1.54) is 19.3 Å². The molecule has 2 aliphatic heterocycles. The zero-order valence-electron chi connectivity index (χ0n) is 10.0. The summed E-state index contributed by atoms with van der Waals surface area (Å²) in [5, 5.41) is 0. The van der Waals surface area contributed by atoms with Crippen LogP contribution in [0.1, 0.15) is 39.5 Å². The Balaban J connectivity index is 1.84. The van der Waals surface area contributed by atoms with Crippen molar-refractivity contribution in [3.63, 3.8) is 0 Å². The van der Waals surface area contributed by atoms with E-state index in [0.717, 1.165) is 26.1 Å². The molecule has 0 aromatic carbocycles. The number of nitrogens with two attached hydrogens (primary N) is 1. The third-order valence-electron chi connectivity index (χ3n) is 3.53. The zero-order valence-corrected chi connectivity index (χ0v) is 10.0. The van der Waals surface area contributed by atoms with Crippen molar-refractivity contribution < 1.29 is 4.74 Å². The average molecular weight is 212 g/mol. The Morgan fingerprint density at radius 2 is 1.93 bits per heavy atom. The van der Waals surface area contributed by atoms with Crippen LogP contribution in [0, 0.1) is 0 Å². The summed E-state index contributed by atoms with van der Waals surface area (Å²) in [5.74, 6) is 0. The molecule has 2 heterocycles. The molecule has 0 saturated carbocycles. The van der Waals surface area contributed by atoms with Crippen LogP contribution in [0.2, 0.25) is 0 Å². The number of nitrogens with zero attached hydrogens (tertiary/aromatic N) is 1. The number of hydrogen-bond acceptors (Lipinski definition) is 3. The Morgan fingerprint density at radius 1 is 1.33 bits per heavy atom. The van der Waals surface area contributed by atoms with Crippen molar-refractivity contribution >= 4 is 0 Å². The third-order valence-corrected chi connectivity index (χ3v) is 3.53. The quantitative estimate of drug-likeness (QED) is 0.765. The summed E-state index contributed by atoms with van der Waals surface area (Å²) in [5.41, 5.74) is 6.26. The highest BCUT2D eigenvalue weighted by atomic mass is 16.5. The van der Waals surface area contributed by atoms with E-state index in [2.05, 4.69) is 18.7 Å². The van der Waals surface area contributed by atoms with E-state index in [1.807, 2.05) is 0 Å². The van der Waals surface area contributed by atoms with Crippen LogP contribution in [0.3, 0.4) is 0 Å². The van der Waals surface area contributed by atoms with Crippen LogP contribution < -0.4 is 5.73 Å². The molecule has 0 aliphatic carbocycles. The van der Waals surface area contributed by atoms with Gasteiger partial charge in [0, 0.05) is 25.2 Å². The normalized spacial score (nSPS) is 35.4. The second-order valence-electron chi connectivity index (χ2n) is 5.56. The number of fused-ring (bicyclic) bond motifs is 2. The SMILES string of the molecule is CCCC(C)(N)CN1CC2CCC(C1)O2. The molecule has 0 aromatic heterocycles. The van der Waals surface area contributed by atoms with E-state index in [4.69, 9.17) is 10.5 Å². The molecular weight excluding hydrogens is 188 g/mol. The van der Waals surface area contributed by atoms with Gasteiger partial charge in [0.25, 0.3) is 0 Å². The molecule has 3 nitrogen and oxygen atoms in total. The van der Waals surface area contributed by atoms with Gasteiger partial charge in [-0.3, -0.25) is 4.90 Å². The van der Waals surface area contributed by atoms with Gasteiger partial charge in [0.05, 0.1) is 12.2 Å². The van der Waals surface area contributed by atoms with Crippen molar-refractivity contribution in [2.75, 3.05) is 19.6 Å². The minimum absolute atomic E-state index is 0.0223. The summed E-state index contributed by atoms with van der Waals surface area (Å²) in [7, 11) is 0. The maximum Gasteiger partial charge on any atom is 0.0707 e. The van der Waals surface area contributed by atoms with E-state index in [9.17, 15) is 0 Å². The second-order valence-corrected chi connectivity index (χ2v) is 5.56. The van der Waals surface area contributed by atoms with Gasteiger partial charge in [-0.15, -0.1) is 0 Å². The largest absolute Gasteiger partial charge is 0.372 e. The van der Waals surface area contributed by atoms with E-state index in [0.29, 0.717) is 12.2 Å². The topological polar surface area (TPSA) is 38.5 Å². The van der Waals surface area contributed by atoms with Crippen LogP contribution in [-0.2, 0) is 4.74 Å². The van der Waals surface area contributed by atoms with Crippen LogP contribution >= 0.6 is 0 Å². The fraction of sp³-hybridized carbons (Fsp3) is 1.00. The van der Waals surface area contributed by atoms with E-state index >= 15 is 0 Å². The highest BCUT2D eigenvalue weighted by Crippen LogP contribution is 2.27. The number of hydrogen-bond donors (Lipinski definition) is 1. The molecule has 3 heteroatoms. The molecule has 2 N–H and O–H groups in total. The minimum Gasteiger partial charge on any atom is -0.372 e. The van der Waals surface area contributed by atoms with Gasteiger partial charge >= 0.3 is 0 Å². The first kappa shape index (κ1) is 11.4. The Hall–Kier alpha value is -0.120. The van der Waals surface area contributed by atoms with Gasteiger partial charge in [-0.25, -0.2) is 0 Å². The number of morpholine rings is 1. The van der Waals surface area contributed by atoms with Gasteiger partial charge in [-0.1, -0.05) is 13.3 Å². The zero-order chi connectivity index (χ0) is 10.9. The van der Waals surface area contributed by atoms with Gasteiger partial charge in [0.1, 0.15) is 0 Å². The lowest BCUT2D eigenvalue weighted by Gasteiger charge is -2.37. The van der Waals surface area contributed by atoms with Crippen molar-refractivity contribution in [3.05, 3.63) is 0 Å². The fourth-order valence-electron chi connectivity index (χ4n) is 2.99. The predicted molar refractivity (Wildman–Crippen MR) is 61.8 cm³/mol. The van der Waals surface area contributed by atoms with Crippen molar-refractivity contribution in [3.8, 4) is 0 Å². The lowest BCUT2D eigenvalue weighted by atomic mass is 9.96. The molecule has 2 bridgehead atoms. The first-order chi connectivity index (χ1) is 7.09. The molecule has 0 amide bonds. The molecule has 2 rings (SSSR count). The monoisotopic (exact) mass is 212 g/mol. The van der Waals surface area contributed by atoms with Crippen LogP contribution in [0.4, 0.5) is 0 Å². The van der Waals surface area contributed by atoms with Gasteiger partial charge < -0.3 is 10.5 Å². The van der Waals surface area contributed by atoms with Crippen LogP contribution in [0.25, 0.3) is 0 Å². The van der Waals surface area contributed by atoms with Crippen molar-refractivity contribution in [1.82, 2.24) is 4.90 Å². The molecule has 0 spiro atoms. The van der Waals surface area contributed by atoms with Crippen LogP contribution in [0.5, 0.6) is 0 Å². The summed E-state index contributed by atoms with van der Waals surface area (Å²) in [6.07, 6.45) is 5.75. The summed E-state index contributed by atoms with van der Waals surface area (Å²) < 4.78 is 5.82. The number of likely N-dealkylation sites (tertiary alicyclic amines) is 1. The molecule has 0 aromatic rings. The standard InChI is InChI=1S/C12H24N2O/c1-3-6-12(2,13)9-14-7-10-4-5-11(8-14)15-10/h10-11H,3-9,13H2,1-2H3. The molecule has 2 aliphatic rings. The van der Waals surface area contributed by atoms with Gasteiger partial charge in [-0.05, 0) is 26.2 Å². The maximum atomic E-state index is 6.29. The molecule has 0 radical (unpaired) electrons. The molecule has 88 valence electrons. The Labute approximate surface area is 93.0 Å². The lowest BCUT2D eigenvalue weighted by Crippen LogP contribution is -2.53. The molecule has 3 unspecified atom stereocenters. The first-order valence-electron chi connectivity index (χ1n) is 6.26. The smallest absolute Gasteiger partial charge is 0.0707 e. The van der Waals surface area contributed by atoms with Crippen LogP contribution in [0.15, 0.2) is 0 Å². The molecule has 2 saturated heterocycles. The van der Waals surface area contributed by atoms with Gasteiger partial charge in [0.15, 0.2) is 0 Å². The Kier molecular flexibility index (Phi) is 3.33. The summed E-state index contributed by atoms with van der Waals surface area (Å²) in [6.45, 7) is 7.58. The minimum atomic E-state index is -0.0223. The van der Waals surface area contributed by atoms with Crippen LogP contribution in [-0.4, -0.2) is 42.3 Å².